The molecule has 0 bridgehead atoms. The van der Waals surface area contributed by atoms with Gasteiger partial charge in [0.15, 0.2) is 0 Å². The fourth-order valence-electron chi connectivity index (χ4n) is 2.74. The summed E-state index contributed by atoms with van der Waals surface area (Å²) in [5, 5.41) is 0. The summed E-state index contributed by atoms with van der Waals surface area (Å²) in [5.74, 6) is 5.46. The van der Waals surface area contributed by atoms with Crippen molar-refractivity contribution < 1.29 is 9.13 Å². The number of benzene rings is 1. The van der Waals surface area contributed by atoms with Crippen LogP contribution in [-0.2, 0) is 4.74 Å². The Morgan fingerprint density at radius 2 is 2.05 bits per heavy atom. The second-order valence-corrected chi connectivity index (χ2v) is 6.35. The van der Waals surface area contributed by atoms with Crippen LogP contribution in [0.15, 0.2) is 22.7 Å². The number of nitrogens with zero attached hydrogens (tertiary/aromatic N) is 1. The average Bonchev–Trinajstić information content (AvgIpc) is 2.45. The fraction of sp³-hybridized carbons (Fsp3) is 0.571. The molecule has 3 N–H and O–H groups in total. The molecule has 0 aromatic heterocycles. The molecule has 2 rings (SSSR count). The molecule has 0 spiro atoms. The van der Waals surface area contributed by atoms with Crippen LogP contribution in [-0.4, -0.2) is 36.7 Å². The zero-order chi connectivity index (χ0) is 14.8. The second-order valence-electron chi connectivity index (χ2n) is 5.50. The lowest BCUT2D eigenvalue weighted by atomic mass is 9.86. The minimum absolute atomic E-state index is 0.267. The monoisotopic (exact) mass is 345 g/mol. The van der Waals surface area contributed by atoms with Crippen molar-refractivity contribution in [3.05, 3.63) is 34.1 Å². The lowest BCUT2D eigenvalue weighted by Gasteiger charge is -2.45. The van der Waals surface area contributed by atoms with E-state index < -0.39 is 0 Å². The van der Waals surface area contributed by atoms with Gasteiger partial charge in [0.1, 0.15) is 5.82 Å². The molecule has 112 valence electrons. The van der Waals surface area contributed by atoms with E-state index in [2.05, 4.69) is 40.1 Å². The number of hydrogen-bond acceptors (Lipinski definition) is 4. The molecule has 6 heteroatoms. The molecule has 1 fully saturated rings. The third kappa shape index (κ3) is 3.04. The number of hydrazine groups is 1. The predicted molar refractivity (Wildman–Crippen MR) is 80.6 cm³/mol. The van der Waals surface area contributed by atoms with Gasteiger partial charge in [0, 0.05) is 24.2 Å². The van der Waals surface area contributed by atoms with Crippen LogP contribution in [0.2, 0.25) is 0 Å². The molecule has 1 heterocycles. The van der Waals surface area contributed by atoms with Crippen LogP contribution in [0.3, 0.4) is 0 Å². The fourth-order valence-corrected chi connectivity index (χ4v) is 3.12. The van der Waals surface area contributed by atoms with Gasteiger partial charge in [-0.15, -0.1) is 0 Å². The lowest BCUT2D eigenvalue weighted by Crippen LogP contribution is -2.57. The molecule has 4 nitrogen and oxygen atoms in total. The maximum atomic E-state index is 14.4. The Kier molecular flexibility index (Phi) is 5.14. The quantitative estimate of drug-likeness (QED) is 0.648. The highest BCUT2D eigenvalue weighted by molar-refractivity contribution is 9.10. The maximum Gasteiger partial charge on any atom is 0.142 e. The van der Waals surface area contributed by atoms with Crippen molar-refractivity contribution in [2.75, 3.05) is 26.3 Å². The largest absolute Gasteiger partial charge is 0.379 e. The Bertz CT molecular complexity index is 464. The Hall–Kier alpha value is -0.530. The van der Waals surface area contributed by atoms with Gasteiger partial charge in [0.2, 0.25) is 0 Å². The van der Waals surface area contributed by atoms with Crippen molar-refractivity contribution in [1.82, 2.24) is 10.3 Å². The van der Waals surface area contributed by atoms with Crippen molar-refractivity contribution in [3.63, 3.8) is 0 Å². The summed E-state index contributed by atoms with van der Waals surface area (Å²) >= 11 is 3.23. The number of ether oxygens (including phenoxy) is 1. The van der Waals surface area contributed by atoms with E-state index in [0.717, 1.165) is 13.1 Å². The highest BCUT2D eigenvalue weighted by Gasteiger charge is 2.38. The van der Waals surface area contributed by atoms with Crippen LogP contribution < -0.4 is 11.3 Å². The van der Waals surface area contributed by atoms with Crippen LogP contribution in [0.25, 0.3) is 0 Å². The summed E-state index contributed by atoms with van der Waals surface area (Å²) < 4.78 is 20.2. The number of morpholine rings is 1. The molecule has 0 saturated carbocycles. The SMILES string of the molecule is CC(C)(C(NN)c1cccc(Br)c1F)N1CCOCC1. The summed E-state index contributed by atoms with van der Waals surface area (Å²) in [7, 11) is 0. The summed E-state index contributed by atoms with van der Waals surface area (Å²) in [5.41, 5.74) is 3.03. The van der Waals surface area contributed by atoms with Crippen LogP contribution >= 0.6 is 15.9 Å². The minimum atomic E-state index is -0.319. The maximum absolute atomic E-state index is 14.4. The molecule has 1 aliphatic rings. The van der Waals surface area contributed by atoms with Gasteiger partial charge < -0.3 is 4.74 Å². The number of rotatable bonds is 4. The molecule has 0 radical (unpaired) electrons. The van der Waals surface area contributed by atoms with Crippen molar-refractivity contribution >= 4 is 15.9 Å². The van der Waals surface area contributed by atoms with Gasteiger partial charge in [-0.25, -0.2) is 4.39 Å². The van der Waals surface area contributed by atoms with E-state index in [0.29, 0.717) is 23.2 Å². The third-order valence-corrected chi connectivity index (χ3v) is 4.60. The Balaban J connectivity index is 2.32. The molecular formula is C14H21BrFN3O. The molecular weight excluding hydrogens is 325 g/mol. The van der Waals surface area contributed by atoms with E-state index in [1.165, 1.54) is 0 Å². The van der Waals surface area contributed by atoms with E-state index in [9.17, 15) is 4.39 Å². The van der Waals surface area contributed by atoms with Crippen LogP contribution in [0.5, 0.6) is 0 Å². The van der Waals surface area contributed by atoms with Crippen LogP contribution in [0, 0.1) is 5.82 Å². The third-order valence-electron chi connectivity index (χ3n) is 3.99. The van der Waals surface area contributed by atoms with Crippen LogP contribution in [0.4, 0.5) is 4.39 Å². The van der Waals surface area contributed by atoms with Crippen molar-refractivity contribution in [1.29, 1.82) is 0 Å². The van der Waals surface area contributed by atoms with Crippen molar-refractivity contribution in [2.45, 2.75) is 25.4 Å². The van der Waals surface area contributed by atoms with Gasteiger partial charge in [-0.3, -0.25) is 16.2 Å². The number of nitrogens with two attached hydrogens (primary N) is 1. The molecule has 20 heavy (non-hydrogen) atoms. The zero-order valence-corrected chi connectivity index (χ0v) is 13.4. The molecule has 1 saturated heterocycles. The van der Waals surface area contributed by atoms with E-state index in [1.807, 2.05) is 6.07 Å². The smallest absolute Gasteiger partial charge is 0.142 e. The second kappa shape index (κ2) is 6.49. The standard InChI is InChI=1S/C14H21BrFN3O/c1-14(2,19-6-8-20-9-7-19)13(18-17)10-4-3-5-11(15)12(10)16/h3-5,13,18H,6-9,17H2,1-2H3. The summed E-state index contributed by atoms with van der Waals surface area (Å²) in [6, 6.07) is 4.97. The summed E-state index contributed by atoms with van der Waals surface area (Å²) in [6.45, 7) is 7.18. The molecule has 1 aromatic rings. The number of hydrogen-bond donors (Lipinski definition) is 2. The Labute approximate surface area is 127 Å². The first-order chi connectivity index (χ1) is 9.48. The number of halogens is 2. The summed E-state index contributed by atoms with van der Waals surface area (Å²) in [4.78, 5) is 2.28. The number of nitrogens with one attached hydrogen (secondary N) is 1. The highest BCUT2D eigenvalue weighted by atomic mass is 79.9. The first kappa shape index (κ1) is 15.9. The van der Waals surface area contributed by atoms with Gasteiger partial charge in [-0.1, -0.05) is 12.1 Å². The topological polar surface area (TPSA) is 50.5 Å². The highest BCUT2D eigenvalue weighted by Crippen LogP contribution is 2.34. The zero-order valence-electron chi connectivity index (χ0n) is 11.8. The van der Waals surface area contributed by atoms with E-state index >= 15 is 0 Å². The molecule has 1 atom stereocenters. The molecule has 0 amide bonds. The first-order valence-electron chi connectivity index (χ1n) is 6.71. The molecule has 1 aromatic carbocycles. The van der Waals surface area contributed by atoms with Crippen molar-refractivity contribution in [3.8, 4) is 0 Å². The average molecular weight is 346 g/mol. The molecule has 0 aliphatic carbocycles. The van der Waals surface area contributed by atoms with Gasteiger partial charge >= 0.3 is 0 Å². The lowest BCUT2D eigenvalue weighted by molar-refractivity contribution is -0.0242. The van der Waals surface area contributed by atoms with E-state index in [1.54, 1.807) is 12.1 Å². The Morgan fingerprint density at radius 3 is 2.65 bits per heavy atom. The van der Waals surface area contributed by atoms with Crippen molar-refractivity contribution in [2.24, 2.45) is 5.84 Å². The van der Waals surface area contributed by atoms with Gasteiger partial charge in [-0.05, 0) is 35.8 Å². The van der Waals surface area contributed by atoms with E-state index in [4.69, 9.17) is 10.6 Å². The normalized spacial score (nSPS) is 19.1. The summed E-state index contributed by atoms with van der Waals surface area (Å²) in [6.07, 6.45) is 0. The molecule has 1 unspecified atom stereocenters. The van der Waals surface area contributed by atoms with Gasteiger partial charge in [-0.2, -0.15) is 0 Å². The first-order valence-corrected chi connectivity index (χ1v) is 7.50. The van der Waals surface area contributed by atoms with E-state index in [-0.39, 0.29) is 17.4 Å². The predicted octanol–water partition coefficient (Wildman–Crippen LogP) is 2.20. The minimum Gasteiger partial charge on any atom is -0.379 e. The van der Waals surface area contributed by atoms with Crippen LogP contribution in [0.1, 0.15) is 25.5 Å². The Morgan fingerprint density at radius 1 is 1.40 bits per heavy atom. The molecule has 1 aliphatic heterocycles. The van der Waals surface area contributed by atoms with Gasteiger partial charge in [0.25, 0.3) is 0 Å². The van der Waals surface area contributed by atoms with Gasteiger partial charge in [0.05, 0.1) is 23.7 Å².